The van der Waals surface area contributed by atoms with Crippen LogP contribution in [-0.2, 0) is 19.1 Å². The molecule has 2 N–H and O–H groups in total. The number of β-lactam (4-membered cyclic amide) rings is 1. The zero-order chi connectivity index (χ0) is 25.2. The van der Waals surface area contributed by atoms with Crippen molar-refractivity contribution >= 4 is 29.7 Å². The van der Waals surface area contributed by atoms with Crippen molar-refractivity contribution in [2.75, 3.05) is 18.9 Å². The van der Waals surface area contributed by atoms with Gasteiger partial charge in [0, 0.05) is 12.3 Å². The summed E-state index contributed by atoms with van der Waals surface area (Å²) in [6.45, 7) is 4.79. The van der Waals surface area contributed by atoms with Gasteiger partial charge in [-0.25, -0.2) is 4.79 Å². The summed E-state index contributed by atoms with van der Waals surface area (Å²) in [5, 5.41) is 12.6. The molecule has 2 heterocycles. The zero-order valence-electron chi connectivity index (χ0n) is 20.0. The zero-order valence-corrected chi connectivity index (χ0v) is 20.8. The minimum atomic E-state index is -1.27. The first-order valence-electron chi connectivity index (χ1n) is 11.5. The van der Waals surface area contributed by atoms with Crippen molar-refractivity contribution in [3.63, 3.8) is 0 Å². The maximum atomic E-state index is 13.5. The van der Waals surface area contributed by atoms with Gasteiger partial charge >= 0.3 is 12.1 Å². The molecule has 4 rings (SSSR count). The third-order valence-corrected chi connectivity index (χ3v) is 7.57. The molecule has 2 aromatic carbocycles. The van der Waals surface area contributed by atoms with Gasteiger partial charge in [0.2, 0.25) is 5.91 Å². The molecule has 2 unspecified atom stereocenters. The smallest absolute Gasteiger partial charge is 0.408 e. The lowest BCUT2D eigenvalue weighted by Gasteiger charge is -2.53. The van der Waals surface area contributed by atoms with E-state index in [1.807, 2.05) is 60.7 Å². The molecule has 2 aromatic rings. The molecule has 0 bridgehead atoms. The second kappa shape index (κ2) is 9.91. The van der Waals surface area contributed by atoms with E-state index >= 15 is 0 Å². The fourth-order valence-corrected chi connectivity index (χ4v) is 5.69. The van der Waals surface area contributed by atoms with Crippen LogP contribution in [0.15, 0.2) is 60.7 Å². The molecule has 2 saturated heterocycles. The number of alkyl carbamates (subject to hydrolysis) is 1. The topological polar surface area (TPSA) is 105 Å². The minimum absolute atomic E-state index is 0.0155. The maximum Gasteiger partial charge on any atom is 0.408 e. The lowest BCUT2D eigenvalue weighted by molar-refractivity contribution is -0.167. The molecule has 2 fully saturated rings. The number of benzene rings is 2. The third kappa shape index (κ3) is 5.31. The highest BCUT2D eigenvalue weighted by Crippen LogP contribution is 2.43. The van der Waals surface area contributed by atoms with Crippen LogP contribution in [0.1, 0.15) is 38.0 Å². The summed E-state index contributed by atoms with van der Waals surface area (Å²) < 4.78 is 11.3. The summed E-state index contributed by atoms with van der Waals surface area (Å²) in [6.07, 6.45) is -1.31. The molecule has 0 spiro atoms. The Morgan fingerprint density at radius 2 is 1.69 bits per heavy atom. The lowest BCUT2D eigenvalue weighted by atomic mass is 9.87. The average Bonchev–Trinajstić information content (AvgIpc) is 2.85. The Morgan fingerprint density at radius 1 is 1.11 bits per heavy atom. The van der Waals surface area contributed by atoms with Gasteiger partial charge in [0.15, 0.2) is 6.10 Å². The van der Waals surface area contributed by atoms with Crippen molar-refractivity contribution in [1.82, 2.24) is 10.2 Å². The number of rotatable bonds is 6. The van der Waals surface area contributed by atoms with Crippen LogP contribution in [0.5, 0.6) is 0 Å². The summed E-state index contributed by atoms with van der Waals surface area (Å²) in [5.41, 5.74) is -0.332. The van der Waals surface area contributed by atoms with Crippen molar-refractivity contribution in [2.24, 2.45) is 5.41 Å². The van der Waals surface area contributed by atoms with Gasteiger partial charge in [-0.3, -0.25) is 9.59 Å². The summed E-state index contributed by atoms with van der Waals surface area (Å²) in [4.78, 5) is 39.9. The van der Waals surface area contributed by atoms with Gasteiger partial charge in [0.25, 0.3) is 0 Å². The molecule has 186 valence electrons. The Bertz CT molecular complexity index is 1030. The molecule has 9 heteroatoms. The first-order chi connectivity index (χ1) is 16.6. The largest absolute Gasteiger partial charge is 0.452 e. The Hall–Kier alpha value is -3.04. The fraction of sp³-hybridized carbons (Fsp3) is 0.423. The van der Waals surface area contributed by atoms with Crippen LogP contribution < -0.4 is 5.32 Å². The van der Waals surface area contributed by atoms with Crippen LogP contribution in [-0.4, -0.2) is 63.9 Å². The van der Waals surface area contributed by atoms with E-state index in [1.165, 1.54) is 16.7 Å². The number of nitrogens with one attached hydrogen (secondary N) is 1. The molecule has 8 nitrogen and oxygen atoms in total. The van der Waals surface area contributed by atoms with E-state index < -0.39 is 41.8 Å². The van der Waals surface area contributed by atoms with Crippen LogP contribution in [0, 0.1) is 5.41 Å². The third-order valence-electron chi connectivity index (χ3n) is 5.98. The number of carbonyl (C=O) groups is 3. The number of nitrogens with zero attached hydrogens (tertiary/aromatic N) is 1. The van der Waals surface area contributed by atoms with Crippen molar-refractivity contribution in [3.05, 3.63) is 71.8 Å². The number of aliphatic hydroxyl groups is 1. The number of fused-ring (bicyclic) bond motifs is 1. The number of amides is 2. The number of carbonyl (C=O) groups excluding carboxylic acids is 3. The summed E-state index contributed by atoms with van der Waals surface area (Å²) in [6, 6.07) is 18.1. The van der Waals surface area contributed by atoms with Gasteiger partial charge in [0.1, 0.15) is 22.4 Å². The second-order valence-corrected chi connectivity index (χ2v) is 10.9. The highest BCUT2D eigenvalue weighted by Gasteiger charge is 2.58. The number of hydrogen-bond acceptors (Lipinski definition) is 7. The van der Waals surface area contributed by atoms with Gasteiger partial charge < -0.3 is 24.8 Å². The first kappa shape index (κ1) is 25.1. The Morgan fingerprint density at radius 3 is 2.20 bits per heavy atom. The standard InChI is InChI=1S/C26H30N2O6S/c1-25(2,3)34-24(32)27-19-21(30)28-14-26(15-29,16-35-22(19)28)23(31)33-20(17-10-6-4-7-11-17)18-12-8-5-9-13-18/h4-13,19-20,22,29H,14-16H2,1-3H3,(H,27,32)/t19?,22-,26?/m1/s1. The Balaban J connectivity index is 1.47. The molecule has 0 radical (unpaired) electrons. The van der Waals surface area contributed by atoms with E-state index in [0.29, 0.717) is 0 Å². The first-order valence-corrected chi connectivity index (χ1v) is 12.5. The number of aliphatic hydroxyl groups excluding tert-OH is 1. The van der Waals surface area contributed by atoms with Gasteiger partial charge in [-0.2, -0.15) is 0 Å². The molecular weight excluding hydrogens is 468 g/mol. The summed E-state index contributed by atoms with van der Waals surface area (Å²) >= 11 is 1.34. The molecule has 0 aliphatic carbocycles. The molecule has 35 heavy (non-hydrogen) atoms. The molecule has 0 saturated carbocycles. The van der Waals surface area contributed by atoms with Crippen LogP contribution in [0.3, 0.4) is 0 Å². The van der Waals surface area contributed by atoms with Gasteiger partial charge in [-0.15, -0.1) is 11.8 Å². The van der Waals surface area contributed by atoms with Gasteiger partial charge in [0.05, 0.1) is 6.61 Å². The molecule has 0 aromatic heterocycles. The monoisotopic (exact) mass is 498 g/mol. The highest BCUT2D eigenvalue weighted by molar-refractivity contribution is 8.00. The fourth-order valence-electron chi connectivity index (χ4n) is 4.16. The van der Waals surface area contributed by atoms with Crippen LogP contribution in [0.25, 0.3) is 0 Å². The van der Waals surface area contributed by atoms with E-state index in [1.54, 1.807) is 20.8 Å². The summed E-state index contributed by atoms with van der Waals surface area (Å²) in [7, 11) is 0. The Labute approximate surface area is 209 Å². The highest BCUT2D eigenvalue weighted by atomic mass is 32.2. The SMILES string of the molecule is CC(C)(C)OC(=O)NC1C(=O)N2CC(CO)(C(=O)OC(c3ccccc3)c3ccccc3)CS[C@H]12. The van der Waals surface area contributed by atoms with Crippen LogP contribution in [0.4, 0.5) is 4.79 Å². The van der Waals surface area contributed by atoms with Crippen molar-refractivity contribution in [1.29, 1.82) is 0 Å². The van der Waals surface area contributed by atoms with E-state index in [2.05, 4.69) is 5.32 Å². The minimum Gasteiger partial charge on any atom is -0.452 e. The molecule has 3 atom stereocenters. The molecule has 2 amide bonds. The van der Waals surface area contributed by atoms with E-state index in [9.17, 15) is 19.5 Å². The van der Waals surface area contributed by atoms with E-state index in [4.69, 9.17) is 9.47 Å². The molecule has 2 aliphatic heterocycles. The maximum absolute atomic E-state index is 13.5. The molecular formula is C26H30N2O6S. The predicted molar refractivity (Wildman–Crippen MR) is 131 cm³/mol. The van der Waals surface area contributed by atoms with Crippen molar-refractivity contribution in [3.8, 4) is 0 Å². The normalized spacial score (nSPS) is 23.8. The Kier molecular flexibility index (Phi) is 7.10. The van der Waals surface area contributed by atoms with Crippen molar-refractivity contribution in [2.45, 2.75) is 43.9 Å². The van der Waals surface area contributed by atoms with Crippen LogP contribution in [0.2, 0.25) is 0 Å². The van der Waals surface area contributed by atoms with E-state index in [-0.39, 0.29) is 23.6 Å². The number of ether oxygens (including phenoxy) is 2. The van der Waals surface area contributed by atoms with E-state index in [0.717, 1.165) is 11.1 Å². The van der Waals surface area contributed by atoms with Crippen molar-refractivity contribution < 1.29 is 29.0 Å². The average molecular weight is 499 g/mol. The number of hydrogen-bond donors (Lipinski definition) is 2. The van der Waals surface area contributed by atoms with Gasteiger partial charge in [-0.1, -0.05) is 60.7 Å². The quantitative estimate of drug-likeness (QED) is 0.466. The van der Waals surface area contributed by atoms with Gasteiger partial charge in [-0.05, 0) is 31.9 Å². The predicted octanol–water partition coefficient (Wildman–Crippen LogP) is 3.11. The molecule has 2 aliphatic rings. The van der Waals surface area contributed by atoms with Crippen LogP contribution >= 0.6 is 11.8 Å². The summed E-state index contributed by atoms with van der Waals surface area (Å²) in [5.74, 6) is -0.638. The lowest BCUT2D eigenvalue weighted by Crippen LogP contribution is -2.74. The number of esters is 1. The second-order valence-electron chi connectivity index (χ2n) is 9.84. The number of thioether (sulfide) groups is 1.